The Bertz CT molecular complexity index is 1130. The van der Waals surface area contributed by atoms with Gasteiger partial charge in [-0.25, -0.2) is 14.2 Å². The van der Waals surface area contributed by atoms with Gasteiger partial charge < -0.3 is 30.3 Å². The number of alkyl halides is 3. The number of carboxylic acid groups (broad SMARTS) is 2. The van der Waals surface area contributed by atoms with E-state index in [0.29, 0.717) is 17.2 Å². The highest BCUT2D eigenvalue weighted by atomic mass is 31.2. The van der Waals surface area contributed by atoms with Gasteiger partial charge in [-0.1, -0.05) is 48.5 Å². The first-order valence-corrected chi connectivity index (χ1v) is 11.7. The summed E-state index contributed by atoms with van der Waals surface area (Å²) in [6, 6.07) is 23.8. The van der Waals surface area contributed by atoms with Crippen LogP contribution >= 0.6 is 7.60 Å². The zero-order valence-corrected chi connectivity index (χ0v) is 19.4. The summed E-state index contributed by atoms with van der Waals surface area (Å²) in [6.07, 6.45) is -6.33. The molecule has 0 aromatic heterocycles. The number of benzene rings is 3. The molecule has 0 aliphatic carbocycles. The molecule has 0 fully saturated rings. The van der Waals surface area contributed by atoms with Crippen LogP contribution in [-0.4, -0.2) is 34.2 Å². The number of nitrogen functional groups attached to an aromatic ring is 1. The van der Waals surface area contributed by atoms with Crippen LogP contribution in [0.15, 0.2) is 84.9 Å². The van der Waals surface area contributed by atoms with Gasteiger partial charge in [0.05, 0.1) is 0 Å². The highest BCUT2D eigenvalue weighted by Crippen LogP contribution is 2.52. The van der Waals surface area contributed by atoms with Crippen LogP contribution in [-0.2, 0) is 15.8 Å². The largest absolute Gasteiger partial charge is 0.490 e. The molecular formula is C23H22F3N2O7P. The van der Waals surface area contributed by atoms with E-state index < -0.39 is 31.6 Å². The van der Waals surface area contributed by atoms with Gasteiger partial charge in [0.15, 0.2) is 5.78 Å². The summed E-state index contributed by atoms with van der Waals surface area (Å²) in [4.78, 5) is 20.3. The van der Waals surface area contributed by atoms with E-state index in [9.17, 15) is 27.6 Å². The van der Waals surface area contributed by atoms with Crippen molar-refractivity contribution in [3.63, 3.8) is 0 Å². The summed E-state index contributed by atoms with van der Waals surface area (Å²) < 4.78 is 57.1. The maximum absolute atomic E-state index is 13.9. The van der Waals surface area contributed by atoms with Crippen molar-refractivity contribution in [1.29, 1.82) is 0 Å². The van der Waals surface area contributed by atoms with Crippen molar-refractivity contribution in [2.24, 2.45) is 0 Å². The van der Waals surface area contributed by atoms with Crippen molar-refractivity contribution in [3.05, 3.63) is 90.5 Å². The molecule has 5 N–H and O–H groups in total. The minimum atomic E-state index is -5.08. The van der Waals surface area contributed by atoms with Gasteiger partial charge in [0.25, 0.3) is 0 Å². The smallest absolute Gasteiger partial charge is 0.475 e. The van der Waals surface area contributed by atoms with Crippen LogP contribution in [0.25, 0.3) is 0 Å². The predicted octanol–water partition coefficient (Wildman–Crippen LogP) is 5.39. The average molecular weight is 526 g/mol. The average Bonchev–Trinajstić information content (AvgIpc) is 2.81. The van der Waals surface area contributed by atoms with Gasteiger partial charge in [-0.3, -0.25) is 0 Å². The lowest BCUT2D eigenvalue weighted by Crippen LogP contribution is -2.37. The molecule has 1 amide bonds. The molecule has 0 radical (unpaired) electrons. The third kappa shape index (κ3) is 9.22. The second-order valence-electron chi connectivity index (χ2n) is 7.06. The molecule has 0 heterocycles. The lowest BCUT2D eigenvalue weighted by atomic mass is 10.1. The molecule has 0 aliphatic rings. The Labute approximate surface area is 203 Å². The summed E-state index contributed by atoms with van der Waals surface area (Å²) >= 11 is 0. The zero-order chi connectivity index (χ0) is 26.8. The molecule has 0 bridgehead atoms. The summed E-state index contributed by atoms with van der Waals surface area (Å²) in [6.45, 7) is 0. The normalized spacial score (nSPS) is 11.9. The van der Waals surface area contributed by atoms with Crippen molar-refractivity contribution in [1.82, 2.24) is 5.32 Å². The Morgan fingerprint density at radius 3 is 1.64 bits per heavy atom. The third-order valence-corrected chi connectivity index (χ3v) is 6.28. The molecule has 0 spiro atoms. The van der Waals surface area contributed by atoms with Gasteiger partial charge >= 0.3 is 25.8 Å². The number of carboxylic acids is 1. The van der Waals surface area contributed by atoms with Crippen LogP contribution in [0.2, 0.25) is 0 Å². The number of anilines is 1. The standard InChI is InChI=1S/C21H21N2O5P.C2HF3O2/c22-17-13-11-16(12-14-17)15-20(23-21(24)25)29(26,27-18-7-3-1-4-8-18)28-19-9-5-2-6-10-19;3-2(4,5)1(6)7/h1-14,20,23H,15,22H2,(H,24,25);(H,6,7). The number of halogens is 3. The SMILES string of the molecule is Nc1ccc(CC(NC(=O)O)P(=O)(Oc2ccccc2)Oc2ccccc2)cc1.O=C(O)C(F)(F)F. The van der Waals surface area contributed by atoms with E-state index in [2.05, 4.69) is 5.32 Å². The van der Waals surface area contributed by atoms with E-state index in [1.165, 1.54) is 0 Å². The van der Waals surface area contributed by atoms with Crippen LogP contribution in [0.5, 0.6) is 11.5 Å². The first kappa shape index (κ1) is 28.1. The molecule has 9 nitrogen and oxygen atoms in total. The molecule has 3 rings (SSSR count). The number of nitrogens with two attached hydrogens (primary N) is 1. The fraction of sp³-hybridized carbons (Fsp3) is 0.130. The maximum Gasteiger partial charge on any atom is 0.490 e. The summed E-state index contributed by atoms with van der Waals surface area (Å²) in [7, 11) is -4.03. The summed E-state index contributed by atoms with van der Waals surface area (Å²) in [5.74, 6) is -3.29. The molecule has 0 saturated heterocycles. The Balaban J connectivity index is 0.000000572. The van der Waals surface area contributed by atoms with Crippen LogP contribution in [0.3, 0.4) is 0 Å². The van der Waals surface area contributed by atoms with Crippen molar-refractivity contribution in [3.8, 4) is 11.5 Å². The number of rotatable bonds is 8. The molecule has 0 aliphatic heterocycles. The monoisotopic (exact) mass is 526 g/mol. The molecule has 1 atom stereocenters. The number of hydrogen-bond donors (Lipinski definition) is 4. The fourth-order valence-electron chi connectivity index (χ4n) is 2.66. The molecular weight excluding hydrogens is 504 g/mol. The second kappa shape index (κ2) is 12.5. The van der Waals surface area contributed by atoms with Crippen molar-refractivity contribution in [2.75, 3.05) is 5.73 Å². The van der Waals surface area contributed by atoms with E-state index in [1.807, 2.05) is 0 Å². The minimum Gasteiger partial charge on any atom is -0.475 e. The molecule has 13 heteroatoms. The Hall–Kier alpha value is -4.18. The van der Waals surface area contributed by atoms with Crippen LogP contribution in [0, 0.1) is 0 Å². The van der Waals surface area contributed by atoms with Crippen LogP contribution < -0.4 is 20.1 Å². The van der Waals surface area contributed by atoms with Gasteiger partial charge in [-0.15, -0.1) is 0 Å². The molecule has 192 valence electrons. The van der Waals surface area contributed by atoms with E-state index in [4.69, 9.17) is 24.7 Å². The van der Waals surface area contributed by atoms with E-state index in [0.717, 1.165) is 5.56 Å². The topological polar surface area (TPSA) is 148 Å². The first-order chi connectivity index (χ1) is 16.9. The highest BCUT2D eigenvalue weighted by molar-refractivity contribution is 7.55. The van der Waals surface area contributed by atoms with E-state index in [-0.39, 0.29) is 6.42 Å². The van der Waals surface area contributed by atoms with E-state index >= 15 is 0 Å². The first-order valence-electron chi connectivity index (χ1n) is 10.1. The highest BCUT2D eigenvalue weighted by Gasteiger charge is 2.41. The van der Waals surface area contributed by atoms with Gasteiger partial charge in [-0.2, -0.15) is 13.2 Å². The van der Waals surface area contributed by atoms with Crippen LogP contribution in [0.1, 0.15) is 5.56 Å². The molecule has 1 unspecified atom stereocenters. The number of amides is 1. The van der Waals surface area contributed by atoms with Crippen molar-refractivity contribution >= 4 is 25.3 Å². The summed E-state index contributed by atoms with van der Waals surface area (Å²) in [5.41, 5.74) is 7.01. The Morgan fingerprint density at radius 2 is 1.28 bits per heavy atom. The lowest BCUT2D eigenvalue weighted by molar-refractivity contribution is -0.192. The van der Waals surface area contributed by atoms with Crippen molar-refractivity contribution in [2.45, 2.75) is 18.4 Å². The fourth-order valence-corrected chi connectivity index (χ4v) is 4.49. The van der Waals surface area contributed by atoms with Crippen molar-refractivity contribution < 1.29 is 46.6 Å². The van der Waals surface area contributed by atoms with Gasteiger partial charge in [-0.05, 0) is 42.0 Å². The maximum atomic E-state index is 13.9. The lowest BCUT2D eigenvalue weighted by Gasteiger charge is -2.27. The zero-order valence-electron chi connectivity index (χ0n) is 18.5. The second-order valence-corrected chi connectivity index (χ2v) is 9.13. The van der Waals surface area contributed by atoms with Gasteiger partial charge in [0, 0.05) is 12.1 Å². The van der Waals surface area contributed by atoms with Gasteiger partial charge in [0.2, 0.25) is 0 Å². The third-order valence-electron chi connectivity index (χ3n) is 4.27. The number of para-hydroxylation sites is 2. The Morgan fingerprint density at radius 1 is 0.861 bits per heavy atom. The summed E-state index contributed by atoms with van der Waals surface area (Å²) in [5, 5.41) is 18.8. The number of hydrogen-bond acceptors (Lipinski definition) is 6. The number of nitrogens with one attached hydrogen (secondary N) is 1. The quantitative estimate of drug-likeness (QED) is 0.226. The predicted molar refractivity (Wildman–Crippen MR) is 125 cm³/mol. The van der Waals surface area contributed by atoms with Crippen LogP contribution in [0.4, 0.5) is 23.7 Å². The number of carbonyl (C=O) groups is 2. The molecule has 36 heavy (non-hydrogen) atoms. The Kier molecular flexibility index (Phi) is 9.74. The minimum absolute atomic E-state index is 0.0868. The van der Waals surface area contributed by atoms with E-state index in [1.54, 1.807) is 84.9 Å². The molecule has 0 saturated carbocycles. The molecule has 3 aromatic rings. The van der Waals surface area contributed by atoms with Gasteiger partial charge in [0.1, 0.15) is 11.5 Å². The molecule has 3 aromatic carbocycles. The number of aliphatic carboxylic acids is 1.